The highest BCUT2D eigenvalue weighted by Gasteiger charge is 2.13. The summed E-state index contributed by atoms with van der Waals surface area (Å²) in [4.78, 5) is 34.2. The van der Waals surface area contributed by atoms with E-state index in [9.17, 15) is 14.4 Å². The zero-order chi connectivity index (χ0) is 15.1. The Morgan fingerprint density at radius 2 is 1.70 bits per heavy atom. The fourth-order valence-corrected chi connectivity index (χ4v) is 1.56. The Bertz CT molecular complexity index is 526. The largest absolute Gasteiger partial charge is 0.348 e. The van der Waals surface area contributed by atoms with Crippen molar-refractivity contribution in [3.63, 3.8) is 0 Å². The summed E-state index contributed by atoms with van der Waals surface area (Å²) in [6.45, 7) is 5.67. The third-order valence-corrected chi connectivity index (χ3v) is 2.83. The number of hydrogen-bond acceptors (Lipinski definition) is 3. The third-order valence-electron chi connectivity index (χ3n) is 2.83. The summed E-state index contributed by atoms with van der Waals surface area (Å²) >= 11 is 0. The van der Waals surface area contributed by atoms with Crippen LogP contribution in [-0.2, 0) is 14.4 Å². The predicted molar refractivity (Wildman–Crippen MR) is 76.2 cm³/mol. The van der Waals surface area contributed by atoms with Gasteiger partial charge in [-0.1, -0.05) is 12.1 Å². The Hall–Kier alpha value is -2.37. The summed E-state index contributed by atoms with van der Waals surface area (Å²) in [5.74, 6) is -1.94. The van der Waals surface area contributed by atoms with Crippen LogP contribution in [0.3, 0.4) is 0 Å². The zero-order valence-corrected chi connectivity index (χ0v) is 11.9. The van der Waals surface area contributed by atoms with Crippen LogP contribution >= 0.6 is 0 Å². The van der Waals surface area contributed by atoms with E-state index in [1.54, 1.807) is 13.0 Å². The van der Waals surface area contributed by atoms with Crippen LogP contribution < -0.4 is 16.0 Å². The molecule has 0 aliphatic carbocycles. The highest BCUT2D eigenvalue weighted by molar-refractivity contribution is 6.35. The molecule has 0 aliphatic rings. The molecular formula is C14H19N3O3. The maximum Gasteiger partial charge on any atom is 0.309 e. The summed E-state index contributed by atoms with van der Waals surface area (Å²) in [5.41, 5.74) is 2.73. The number of likely N-dealkylation sites (N-methyl/N-ethyl adjacent to an activating group) is 1. The van der Waals surface area contributed by atoms with Crippen molar-refractivity contribution in [2.75, 3.05) is 18.4 Å². The lowest BCUT2D eigenvalue weighted by Gasteiger charge is -2.10. The van der Waals surface area contributed by atoms with Gasteiger partial charge in [0.25, 0.3) is 0 Å². The topological polar surface area (TPSA) is 87.3 Å². The van der Waals surface area contributed by atoms with Gasteiger partial charge < -0.3 is 16.0 Å². The van der Waals surface area contributed by atoms with Gasteiger partial charge in [0.05, 0.1) is 6.54 Å². The molecule has 6 nitrogen and oxygen atoms in total. The molecule has 0 aromatic heterocycles. The van der Waals surface area contributed by atoms with Gasteiger partial charge in [-0.15, -0.1) is 0 Å². The lowest BCUT2D eigenvalue weighted by molar-refractivity contribution is -0.139. The SMILES string of the molecule is CCNC(=O)C(=O)NCC(=O)Nc1cccc(C)c1C. The minimum Gasteiger partial charge on any atom is -0.348 e. The van der Waals surface area contributed by atoms with E-state index in [1.165, 1.54) is 0 Å². The molecule has 1 aromatic rings. The smallest absolute Gasteiger partial charge is 0.309 e. The quantitative estimate of drug-likeness (QED) is 0.700. The number of benzene rings is 1. The Balaban J connectivity index is 2.50. The second kappa shape index (κ2) is 7.28. The predicted octanol–water partition coefficient (Wildman–Crippen LogP) is 0.494. The molecule has 1 rings (SSSR count). The Morgan fingerprint density at radius 3 is 2.35 bits per heavy atom. The number of rotatable bonds is 4. The fraction of sp³-hybridized carbons (Fsp3) is 0.357. The normalized spacial score (nSPS) is 9.75. The third kappa shape index (κ3) is 4.38. The van der Waals surface area contributed by atoms with Crippen molar-refractivity contribution in [1.29, 1.82) is 0 Å². The molecule has 0 unspecified atom stereocenters. The second-order valence-electron chi connectivity index (χ2n) is 4.34. The first-order valence-electron chi connectivity index (χ1n) is 6.37. The first-order valence-corrected chi connectivity index (χ1v) is 6.37. The van der Waals surface area contributed by atoms with E-state index in [-0.39, 0.29) is 12.5 Å². The molecule has 3 N–H and O–H groups in total. The molecule has 0 aliphatic heterocycles. The van der Waals surface area contributed by atoms with Crippen molar-refractivity contribution in [3.8, 4) is 0 Å². The minimum absolute atomic E-state index is 0.247. The maximum absolute atomic E-state index is 11.7. The monoisotopic (exact) mass is 277 g/mol. The van der Waals surface area contributed by atoms with Crippen molar-refractivity contribution in [3.05, 3.63) is 29.3 Å². The molecule has 1 aromatic carbocycles. The van der Waals surface area contributed by atoms with Crippen LogP contribution in [0.15, 0.2) is 18.2 Å². The number of aryl methyl sites for hydroxylation is 1. The van der Waals surface area contributed by atoms with Gasteiger partial charge in [0.15, 0.2) is 0 Å². The molecule has 0 bridgehead atoms. The van der Waals surface area contributed by atoms with E-state index >= 15 is 0 Å². The number of carbonyl (C=O) groups is 3. The number of amides is 3. The average Bonchev–Trinajstić information content (AvgIpc) is 2.41. The molecule has 20 heavy (non-hydrogen) atoms. The van der Waals surface area contributed by atoms with Gasteiger partial charge in [-0.05, 0) is 38.0 Å². The molecule has 0 radical (unpaired) electrons. The van der Waals surface area contributed by atoms with Crippen LogP contribution in [0.4, 0.5) is 5.69 Å². The van der Waals surface area contributed by atoms with Gasteiger partial charge in [0, 0.05) is 12.2 Å². The van der Waals surface area contributed by atoms with E-state index in [0.717, 1.165) is 11.1 Å². The van der Waals surface area contributed by atoms with Gasteiger partial charge in [-0.25, -0.2) is 0 Å². The van der Waals surface area contributed by atoms with Crippen molar-refractivity contribution >= 4 is 23.4 Å². The summed E-state index contributed by atoms with van der Waals surface area (Å²) in [6, 6.07) is 5.57. The van der Waals surface area contributed by atoms with E-state index in [0.29, 0.717) is 12.2 Å². The van der Waals surface area contributed by atoms with Gasteiger partial charge in [-0.2, -0.15) is 0 Å². The standard InChI is InChI=1S/C14H19N3O3/c1-4-15-13(19)14(20)16-8-12(18)17-11-7-5-6-9(2)10(11)3/h5-7H,4,8H2,1-3H3,(H,15,19)(H,16,20)(H,17,18). The van der Waals surface area contributed by atoms with E-state index in [2.05, 4.69) is 16.0 Å². The number of hydrogen-bond donors (Lipinski definition) is 3. The van der Waals surface area contributed by atoms with Gasteiger partial charge in [0.2, 0.25) is 5.91 Å². The Labute approximate surface area is 117 Å². The maximum atomic E-state index is 11.7. The van der Waals surface area contributed by atoms with E-state index in [1.807, 2.05) is 26.0 Å². The molecule has 0 saturated heterocycles. The van der Waals surface area contributed by atoms with E-state index < -0.39 is 11.8 Å². The number of anilines is 1. The summed E-state index contributed by atoms with van der Waals surface area (Å²) in [5, 5.41) is 7.30. The summed E-state index contributed by atoms with van der Waals surface area (Å²) < 4.78 is 0. The molecule has 6 heteroatoms. The number of nitrogens with one attached hydrogen (secondary N) is 3. The molecule has 0 atom stereocenters. The van der Waals surface area contributed by atoms with Crippen molar-refractivity contribution in [2.24, 2.45) is 0 Å². The molecular weight excluding hydrogens is 258 g/mol. The Morgan fingerprint density at radius 1 is 1.05 bits per heavy atom. The van der Waals surface area contributed by atoms with E-state index in [4.69, 9.17) is 0 Å². The van der Waals surface area contributed by atoms with Crippen LogP contribution in [0.2, 0.25) is 0 Å². The van der Waals surface area contributed by atoms with Crippen LogP contribution in [-0.4, -0.2) is 30.8 Å². The van der Waals surface area contributed by atoms with Crippen LogP contribution in [0.1, 0.15) is 18.1 Å². The first kappa shape index (κ1) is 15.7. The van der Waals surface area contributed by atoms with Crippen LogP contribution in [0.25, 0.3) is 0 Å². The highest BCUT2D eigenvalue weighted by Crippen LogP contribution is 2.17. The van der Waals surface area contributed by atoms with Crippen LogP contribution in [0, 0.1) is 13.8 Å². The molecule has 0 spiro atoms. The molecule has 3 amide bonds. The van der Waals surface area contributed by atoms with Gasteiger partial charge >= 0.3 is 11.8 Å². The minimum atomic E-state index is -0.817. The molecule has 0 heterocycles. The number of carbonyl (C=O) groups excluding carboxylic acids is 3. The van der Waals surface area contributed by atoms with Gasteiger partial charge in [0.1, 0.15) is 0 Å². The molecule has 108 valence electrons. The first-order chi connectivity index (χ1) is 9.45. The highest BCUT2D eigenvalue weighted by atomic mass is 16.2. The summed E-state index contributed by atoms with van der Waals surface area (Å²) in [7, 11) is 0. The second-order valence-corrected chi connectivity index (χ2v) is 4.34. The average molecular weight is 277 g/mol. The fourth-order valence-electron chi connectivity index (χ4n) is 1.56. The molecule has 0 fully saturated rings. The lowest BCUT2D eigenvalue weighted by Crippen LogP contribution is -2.42. The summed E-state index contributed by atoms with van der Waals surface area (Å²) in [6.07, 6.45) is 0. The van der Waals surface area contributed by atoms with Crippen LogP contribution in [0.5, 0.6) is 0 Å². The van der Waals surface area contributed by atoms with Crippen molar-refractivity contribution < 1.29 is 14.4 Å². The van der Waals surface area contributed by atoms with Gasteiger partial charge in [-0.3, -0.25) is 14.4 Å². The molecule has 0 saturated carbocycles. The zero-order valence-electron chi connectivity index (χ0n) is 11.9. The van der Waals surface area contributed by atoms with Crippen molar-refractivity contribution in [2.45, 2.75) is 20.8 Å². The van der Waals surface area contributed by atoms with Crippen molar-refractivity contribution in [1.82, 2.24) is 10.6 Å². The lowest BCUT2D eigenvalue weighted by atomic mass is 10.1. The Kier molecular flexibility index (Phi) is 5.71.